The van der Waals surface area contributed by atoms with Crippen molar-refractivity contribution in [1.29, 1.82) is 0 Å². The second-order valence-electron chi connectivity index (χ2n) is 8.83. The minimum absolute atomic E-state index is 0.136. The van der Waals surface area contributed by atoms with E-state index in [-0.39, 0.29) is 5.41 Å². The van der Waals surface area contributed by atoms with Crippen LogP contribution in [0.1, 0.15) is 70.1 Å². The molecule has 1 N–H and O–H groups in total. The minimum atomic E-state index is -0.725. The van der Waals surface area contributed by atoms with Crippen molar-refractivity contribution in [3.05, 3.63) is 34.9 Å². The van der Waals surface area contributed by atoms with Crippen LogP contribution in [0.25, 0.3) is 0 Å². The molecule has 1 aromatic rings. The maximum absolute atomic E-state index is 12.1. The molecular formula is C21H33NO. The summed E-state index contributed by atoms with van der Waals surface area (Å²) in [6.07, 6.45) is 2.14. The molecule has 1 fully saturated rings. The first kappa shape index (κ1) is 17.0. The molecule has 0 amide bonds. The van der Waals surface area contributed by atoms with Gasteiger partial charge in [-0.05, 0) is 63.6 Å². The van der Waals surface area contributed by atoms with Crippen LogP contribution in [0.15, 0.2) is 18.2 Å². The Hall–Kier alpha value is -0.860. The van der Waals surface area contributed by atoms with Crippen molar-refractivity contribution in [3.8, 4) is 0 Å². The zero-order valence-corrected chi connectivity index (χ0v) is 15.9. The van der Waals surface area contributed by atoms with Crippen LogP contribution in [0.5, 0.6) is 0 Å². The topological polar surface area (TPSA) is 23.5 Å². The van der Waals surface area contributed by atoms with E-state index >= 15 is 0 Å². The van der Waals surface area contributed by atoms with Crippen LogP contribution in [-0.4, -0.2) is 29.1 Å². The predicted molar refractivity (Wildman–Crippen MR) is 96.7 cm³/mol. The molecule has 4 unspecified atom stereocenters. The molecule has 3 rings (SSSR count). The Morgan fingerprint density at radius 3 is 2.22 bits per heavy atom. The third-order valence-electron chi connectivity index (χ3n) is 7.38. The van der Waals surface area contributed by atoms with Crippen molar-refractivity contribution in [2.24, 2.45) is 11.3 Å². The number of hydrogen-bond acceptors (Lipinski definition) is 2. The second kappa shape index (κ2) is 5.32. The van der Waals surface area contributed by atoms with Crippen LogP contribution in [0.4, 0.5) is 0 Å². The standard InChI is InChI=1S/C21H33NO/c1-13-8-9-18-16(4)20(5,6)21(23,19(18)10-13)17-11-14(2)22(7)15(3)12-17/h8-10,14-17,23H,11-12H2,1-7H3. The lowest BCUT2D eigenvalue weighted by Crippen LogP contribution is -2.54. The number of likely N-dealkylation sites (tertiary alicyclic amines) is 1. The lowest BCUT2D eigenvalue weighted by molar-refractivity contribution is -0.139. The van der Waals surface area contributed by atoms with Gasteiger partial charge in [-0.3, -0.25) is 0 Å². The van der Waals surface area contributed by atoms with E-state index in [0.29, 0.717) is 23.9 Å². The molecule has 23 heavy (non-hydrogen) atoms. The Kier molecular flexibility index (Phi) is 3.93. The fourth-order valence-corrected chi connectivity index (χ4v) is 5.22. The zero-order valence-electron chi connectivity index (χ0n) is 15.9. The van der Waals surface area contributed by atoms with Crippen LogP contribution in [0, 0.1) is 18.3 Å². The average molecular weight is 316 g/mol. The molecule has 128 valence electrons. The average Bonchev–Trinajstić information content (AvgIpc) is 2.63. The zero-order chi connectivity index (χ0) is 17.2. The third-order valence-corrected chi connectivity index (χ3v) is 7.38. The maximum atomic E-state index is 12.1. The highest BCUT2D eigenvalue weighted by Crippen LogP contribution is 2.62. The summed E-state index contributed by atoms with van der Waals surface area (Å²) in [6, 6.07) is 7.72. The monoisotopic (exact) mass is 315 g/mol. The van der Waals surface area contributed by atoms with Crippen molar-refractivity contribution in [2.75, 3.05) is 7.05 Å². The van der Waals surface area contributed by atoms with Gasteiger partial charge in [0.05, 0.1) is 5.60 Å². The molecule has 1 aromatic carbocycles. The molecule has 1 heterocycles. The predicted octanol–water partition coefficient (Wildman–Crippen LogP) is 4.44. The smallest absolute Gasteiger partial charge is 0.0984 e. The Balaban J connectivity index is 2.11. The number of aryl methyl sites for hydroxylation is 1. The molecule has 2 aliphatic rings. The molecule has 1 aliphatic heterocycles. The third kappa shape index (κ3) is 2.21. The van der Waals surface area contributed by atoms with E-state index in [1.807, 2.05) is 0 Å². The molecule has 0 saturated carbocycles. The highest BCUT2D eigenvalue weighted by atomic mass is 16.3. The van der Waals surface area contributed by atoms with Crippen LogP contribution in [-0.2, 0) is 5.60 Å². The quantitative estimate of drug-likeness (QED) is 0.828. The summed E-state index contributed by atoms with van der Waals surface area (Å²) < 4.78 is 0. The fraction of sp³-hybridized carbons (Fsp3) is 0.714. The summed E-state index contributed by atoms with van der Waals surface area (Å²) in [6.45, 7) is 13.6. The molecule has 0 spiro atoms. The number of piperidine rings is 1. The minimum Gasteiger partial charge on any atom is -0.384 e. The number of nitrogens with zero attached hydrogens (tertiary/aromatic N) is 1. The van der Waals surface area contributed by atoms with Gasteiger partial charge in [-0.2, -0.15) is 0 Å². The van der Waals surface area contributed by atoms with Gasteiger partial charge in [0.15, 0.2) is 0 Å². The summed E-state index contributed by atoms with van der Waals surface area (Å²) in [4.78, 5) is 2.46. The first-order chi connectivity index (χ1) is 10.6. The first-order valence-electron chi connectivity index (χ1n) is 9.16. The van der Waals surface area contributed by atoms with Crippen molar-refractivity contribution in [2.45, 2.75) is 78.0 Å². The van der Waals surface area contributed by atoms with Gasteiger partial charge >= 0.3 is 0 Å². The Morgan fingerprint density at radius 1 is 1.09 bits per heavy atom. The van der Waals surface area contributed by atoms with Gasteiger partial charge in [0.2, 0.25) is 0 Å². The molecule has 2 nitrogen and oxygen atoms in total. The van der Waals surface area contributed by atoms with Gasteiger partial charge in [0.25, 0.3) is 0 Å². The van der Waals surface area contributed by atoms with Crippen LogP contribution < -0.4 is 0 Å². The van der Waals surface area contributed by atoms with E-state index < -0.39 is 5.60 Å². The van der Waals surface area contributed by atoms with Crippen molar-refractivity contribution >= 4 is 0 Å². The molecule has 2 heteroatoms. The number of rotatable bonds is 1. The summed E-state index contributed by atoms with van der Waals surface area (Å²) in [5, 5.41) is 12.1. The second-order valence-corrected chi connectivity index (χ2v) is 8.83. The van der Waals surface area contributed by atoms with E-state index in [9.17, 15) is 5.11 Å². The van der Waals surface area contributed by atoms with Gasteiger partial charge in [-0.15, -0.1) is 0 Å². The fourth-order valence-electron chi connectivity index (χ4n) is 5.22. The number of benzene rings is 1. The Bertz CT molecular complexity index is 596. The lowest BCUT2D eigenvalue weighted by atomic mass is 9.61. The maximum Gasteiger partial charge on any atom is 0.0984 e. The van der Waals surface area contributed by atoms with E-state index in [4.69, 9.17) is 0 Å². The Morgan fingerprint density at radius 2 is 1.65 bits per heavy atom. The van der Waals surface area contributed by atoms with Gasteiger partial charge in [0, 0.05) is 17.5 Å². The molecule has 0 bridgehead atoms. The normalized spacial score (nSPS) is 40.2. The molecule has 1 saturated heterocycles. The molecule has 4 atom stereocenters. The van der Waals surface area contributed by atoms with Crippen LogP contribution in [0.3, 0.4) is 0 Å². The molecule has 1 aliphatic carbocycles. The van der Waals surface area contributed by atoms with Crippen LogP contribution in [0.2, 0.25) is 0 Å². The van der Waals surface area contributed by atoms with Gasteiger partial charge < -0.3 is 10.0 Å². The summed E-state index contributed by atoms with van der Waals surface area (Å²) in [5.41, 5.74) is 2.94. The highest BCUT2D eigenvalue weighted by Gasteiger charge is 2.59. The molecular weight excluding hydrogens is 282 g/mol. The SMILES string of the molecule is Cc1ccc2c(c1)C(O)(C1CC(C)N(C)C(C)C1)C(C)(C)C2C. The van der Waals surface area contributed by atoms with Crippen molar-refractivity contribution < 1.29 is 5.11 Å². The highest BCUT2D eigenvalue weighted by molar-refractivity contribution is 5.46. The summed E-state index contributed by atoms with van der Waals surface area (Å²) >= 11 is 0. The van der Waals surface area contributed by atoms with Crippen LogP contribution >= 0.6 is 0 Å². The van der Waals surface area contributed by atoms with Gasteiger partial charge in [0.1, 0.15) is 0 Å². The number of hydrogen-bond donors (Lipinski definition) is 1. The van der Waals surface area contributed by atoms with E-state index in [1.165, 1.54) is 16.7 Å². The van der Waals surface area contributed by atoms with Gasteiger partial charge in [-0.1, -0.05) is 44.5 Å². The largest absolute Gasteiger partial charge is 0.384 e. The Labute approximate surface area is 141 Å². The molecule has 0 radical (unpaired) electrons. The van der Waals surface area contributed by atoms with E-state index in [0.717, 1.165) is 12.8 Å². The van der Waals surface area contributed by atoms with E-state index in [2.05, 4.69) is 71.7 Å². The van der Waals surface area contributed by atoms with Gasteiger partial charge in [-0.25, -0.2) is 0 Å². The number of aliphatic hydroxyl groups is 1. The number of fused-ring (bicyclic) bond motifs is 1. The van der Waals surface area contributed by atoms with Crippen molar-refractivity contribution in [3.63, 3.8) is 0 Å². The summed E-state index contributed by atoms with van der Waals surface area (Å²) in [7, 11) is 2.22. The first-order valence-corrected chi connectivity index (χ1v) is 9.16. The van der Waals surface area contributed by atoms with Crippen molar-refractivity contribution in [1.82, 2.24) is 4.90 Å². The van der Waals surface area contributed by atoms with E-state index in [1.54, 1.807) is 0 Å². The molecule has 0 aromatic heterocycles. The summed E-state index contributed by atoms with van der Waals surface area (Å²) in [5.74, 6) is 0.706. The lowest BCUT2D eigenvalue weighted by Gasteiger charge is -2.51.